The fraction of sp³-hybridized carbons (Fsp3) is 0.905. The minimum atomic E-state index is -0.0671. The first kappa shape index (κ1) is 15.3. The van der Waals surface area contributed by atoms with E-state index in [0.29, 0.717) is 10.8 Å². The fourth-order valence-electron chi connectivity index (χ4n) is 7.58. The lowest BCUT2D eigenvalue weighted by atomic mass is 9.47. The van der Waals surface area contributed by atoms with Crippen LogP contribution in [0, 0.1) is 34.5 Å². The first-order valence-electron chi connectivity index (χ1n) is 10.0. The van der Waals surface area contributed by atoms with Gasteiger partial charge in [-0.1, -0.05) is 25.5 Å². The molecule has 2 heteroatoms. The molecule has 1 N–H and O–H groups in total. The highest BCUT2D eigenvalue weighted by Gasteiger charge is 2.60. The summed E-state index contributed by atoms with van der Waals surface area (Å²) < 4.78 is 0. The van der Waals surface area contributed by atoms with Crippen molar-refractivity contribution in [1.29, 1.82) is 0 Å². The van der Waals surface area contributed by atoms with E-state index in [1.165, 1.54) is 44.3 Å². The van der Waals surface area contributed by atoms with Crippen molar-refractivity contribution in [1.82, 2.24) is 0 Å². The maximum Gasteiger partial charge on any atom is 0.0577 e. The SMILES string of the molecule is C[C@]12CC[C@H]3[C@@H](CC=C4C[C@@H](O)CC[C@@]43C)[C@@H]1CC[C@@H]2[C@H]1CS1. The molecular formula is C21H32OS. The molecule has 23 heavy (non-hydrogen) atoms. The molecule has 0 aromatic rings. The lowest BCUT2D eigenvalue weighted by Crippen LogP contribution is -2.50. The van der Waals surface area contributed by atoms with Crippen LogP contribution in [0.15, 0.2) is 11.6 Å². The average Bonchev–Trinajstić information content (AvgIpc) is 3.29. The third-order valence-corrected chi connectivity index (χ3v) is 10.0. The van der Waals surface area contributed by atoms with E-state index < -0.39 is 0 Å². The molecule has 0 aromatic heterocycles. The molecule has 0 amide bonds. The lowest BCUT2D eigenvalue weighted by molar-refractivity contribution is -0.0485. The van der Waals surface area contributed by atoms with E-state index >= 15 is 0 Å². The van der Waals surface area contributed by atoms with Crippen LogP contribution in [-0.2, 0) is 0 Å². The molecule has 8 atom stereocenters. The Bertz CT molecular complexity index is 538. The van der Waals surface area contributed by atoms with Crippen LogP contribution < -0.4 is 0 Å². The molecular weight excluding hydrogens is 300 g/mol. The van der Waals surface area contributed by atoms with Crippen molar-refractivity contribution in [3.05, 3.63) is 11.6 Å². The molecule has 5 rings (SSSR count). The van der Waals surface area contributed by atoms with Gasteiger partial charge in [-0.3, -0.25) is 0 Å². The second-order valence-corrected chi connectivity index (χ2v) is 11.0. The number of hydrogen-bond donors (Lipinski definition) is 1. The van der Waals surface area contributed by atoms with Gasteiger partial charge in [0.1, 0.15) is 0 Å². The van der Waals surface area contributed by atoms with Gasteiger partial charge in [-0.05, 0) is 85.9 Å². The Kier molecular flexibility index (Phi) is 3.35. The van der Waals surface area contributed by atoms with Gasteiger partial charge < -0.3 is 5.11 Å². The maximum atomic E-state index is 10.1. The zero-order valence-electron chi connectivity index (χ0n) is 14.8. The Morgan fingerprint density at radius 3 is 2.61 bits per heavy atom. The Labute approximate surface area is 145 Å². The van der Waals surface area contributed by atoms with Crippen LogP contribution in [0.25, 0.3) is 0 Å². The Balaban J connectivity index is 1.46. The van der Waals surface area contributed by atoms with E-state index in [-0.39, 0.29) is 6.10 Å². The number of aliphatic hydroxyl groups is 1. The van der Waals surface area contributed by atoms with Crippen molar-refractivity contribution in [3.8, 4) is 0 Å². The van der Waals surface area contributed by atoms with Crippen LogP contribution in [0.3, 0.4) is 0 Å². The van der Waals surface area contributed by atoms with Crippen molar-refractivity contribution in [2.45, 2.75) is 76.6 Å². The summed E-state index contributed by atoms with van der Waals surface area (Å²) in [5, 5.41) is 11.1. The summed E-state index contributed by atoms with van der Waals surface area (Å²) in [7, 11) is 0. The van der Waals surface area contributed by atoms with Gasteiger partial charge in [0.25, 0.3) is 0 Å². The molecule has 1 heterocycles. The number of hydrogen-bond acceptors (Lipinski definition) is 2. The highest BCUT2D eigenvalue weighted by Crippen LogP contribution is 2.68. The second kappa shape index (κ2) is 5.04. The summed E-state index contributed by atoms with van der Waals surface area (Å²) >= 11 is 2.23. The van der Waals surface area contributed by atoms with Gasteiger partial charge in [-0.15, -0.1) is 0 Å². The van der Waals surface area contributed by atoms with E-state index in [1.54, 1.807) is 5.57 Å². The number of allylic oxidation sites excluding steroid dienone is 1. The minimum Gasteiger partial charge on any atom is -0.393 e. The minimum absolute atomic E-state index is 0.0671. The lowest BCUT2D eigenvalue weighted by Gasteiger charge is -2.58. The molecule has 5 aliphatic rings. The molecule has 0 radical (unpaired) electrons. The highest BCUT2D eigenvalue weighted by molar-refractivity contribution is 8.06. The van der Waals surface area contributed by atoms with Crippen LogP contribution >= 0.6 is 11.8 Å². The zero-order valence-corrected chi connectivity index (χ0v) is 15.6. The number of thioether (sulfide) groups is 1. The van der Waals surface area contributed by atoms with Gasteiger partial charge in [-0.2, -0.15) is 11.8 Å². The van der Waals surface area contributed by atoms with Gasteiger partial charge in [-0.25, -0.2) is 0 Å². The highest BCUT2D eigenvalue weighted by atomic mass is 32.2. The summed E-state index contributed by atoms with van der Waals surface area (Å²) in [4.78, 5) is 0. The first-order chi connectivity index (χ1) is 11.0. The Morgan fingerprint density at radius 2 is 1.83 bits per heavy atom. The number of fused-ring (bicyclic) bond motifs is 5. The molecule has 0 spiro atoms. The molecule has 4 aliphatic carbocycles. The number of rotatable bonds is 1. The Hall–Kier alpha value is 0.0500. The molecule has 1 aliphatic heterocycles. The maximum absolute atomic E-state index is 10.1. The topological polar surface area (TPSA) is 20.2 Å². The van der Waals surface area contributed by atoms with Gasteiger partial charge in [0.2, 0.25) is 0 Å². The summed E-state index contributed by atoms with van der Waals surface area (Å²) in [6.07, 6.45) is 13.0. The second-order valence-electron chi connectivity index (χ2n) is 9.76. The molecule has 4 fully saturated rings. The first-order valence-corrected chi connectivity index (χ1v) is 11.1. The molecule has 1 nitrogen and oxygen atoms in total. The van der Waals surface area contributed by atoms with E-state index in [4.69, 9.17) is 0 Å². The van der Waals surface area contributed by atoms with Crippen molar-refractivity contribution < 1.29 is 5.11 Å². The average molecular weight is 333 g/mol. The largest absolute Gasteiger partial charge is 0.393 e. The summed E-state index contributed by atoms with van der Waals surface area (Å²) in [6, 6.07) is 0. The predicted molar refractivity (Wildman–Crippen MR) is 97.4 cm³/mol. The third-order valence-electron chi connectivity index (χ3n) is 8.96. The monoisotopic (exact) mass is 332 g/mol. The van der Waals surface area contributed by atoms with Gasteiger partial charge in [0, 0.05) is 11.0 Å². The van der Waals surface area contributed by atoms with E-state index in [9.17, 15) is 5.11 Å². The normalized spacial score (nSPS) is 58.0. The van der Waals surface area contributed by atoms with E-state index in [1.807, 2.05) is 0 Å². The van der Waals surface area contributed by atoms with Crippen molar-refractivity contribution in [2.75, 3.05) is 5.75 Å². The van der Waals surface area contributed by atoms with E-state index in [0.717, 1.165) is 41.8 Å². The van der Waals surface area contributed by atoms with Crippen LogP contribution in [0.1, 0.15) is 65.2 Å². The summed E-state index contributed by atoms with van der Waals surface area (Å²) in [5.74, 6) is 5.28. The molecule has 0 aromatic carbocycles. The van der Waals surface area contributed by atoms with Crippen LogP contribution in [-0.4, -0.2) is 22.2 Å². The number of aliphatic hydroxyl groups excluding tert-OH is 1. The molecule has 3 saturated carbocycles. The van der Waals surface area contributed by atoms with Crippen LogP contribution in [0.2, 0.25) is 0 Å². The van der Waals surface area contributed by atoms with Gasteiger partial charge >= 0.3 is 0 Å². The molecule has 0 bridgehead atoms. The fourth-order valence-corrected chi connectivity index (χ4v) is 8.60. The predicted octanol–water partition coefficient (Wildman–Crippen LogP) is 5.04. The van der Waals surface area contributed by atoms with Crippen LogP contribution in [0.5, 0.6) is 0 Å². The standard InChI is InChI=1S/C21H32OS/c1-20-9-7-14(22)11-13(20)3-4-15-16-5-6-18(19-12-23-19)21(16,2)10-8-17(15)20/h3,14-19,22H,4-12H2,1-2H3/t14-,15-,16-,17-,18+,19+,20-,21-/m0/s1. The summed E-state index contributed by atoms with van der Waals surface area (Å²) in [6.45, 7) is 5.21. The van der Waals surface area contributed by atoms with Gasteiger partial charge in [0.05, 0.1) is 6.10 Å². The van der Waals surface area contributed by atoms with Crippen molar-refractivity contribution in [2.24, 2.45) is 34.5 Å². The molecule has 1 saturated heterocycles. The third kappa shape index (κ3) is 2.09. The van der Waals surface area contributed by atoms with Gasteiger partial charge in [0.15, 0.2) is 0 Å². The quantitative estimate of drug-likeness (QED) is 0.536. The molecule has 128 valence electrons. The summed E-state index contributed by atoms with van der Waals surface area (Å²) in [5.41, 5.74) is 2.68. The van der Waals surface area contributed by atoms with Crippen molar-refractivity contribution in [3.63, 3.8) is 0 Å². The smallest absolute Gasteiger partial charge is 0.0577 e. The molecule has 0 unspecified atom stereocenters. The zero-order chi connectivity index (χ0) is 15.8. The Morgan fingerprint density at radius 1 is 1.04 bits per heavy atom. The van der Waals surface area contributed by atoms with Crippen LogP contribution in [0.4, 0.5) is 0 Å². The van der Waals surface area contributed by atoms with E-state index in [2.05, 4.69) is 31.7 Å². The van der Waals surface area contributed by atoms with Crippen molar-refractivity contribution >= 4 is 11.8 Å².